The Hall–Kier alpha value is -4.44. The van der Waals surface area contributed by atoms with Crippen LogP contribution in [-0.4, -0.2) is 18.7 Å². The van der Waals surface area contributed by atoms with E-state index in [9.17, 15) is 10.1 Å². The van der Waals surface area contributed by atoms with Crippen LogP contribution in [0.2, 0.25) is 0 Å². The highest BCUT2D eigenvalue weighted by molar-refractivity contribution is 5.77. The lowest BCUT2D eigenvalue weighted by Gasteiger charge is -2.27. The number of allylic oxidation sites excluding steroid dienone is 1. The lowest BCUT2D eigenvalue weighted by Crippen LogP contribution is -2.28. The SMILES string of the molecule is CCCCOc1ccc(C2C(C#N)=C(N)Oc3cc(OC(=O)C(C)Oc4ccc(C(C)C)cc4)ccc32)cc1. The van der Waals surface area contributed by atoms with E-state index in [2.05, 4.69) is 26.8 Å². The van der Waals surface area contributed by atoms with Gasteiger partial charge in [0.15, 0.2) is 6.10 Å². The van der Waals surface area contributed by atoms with E-state index in [-0.39, 0.29) is 11.6 Å². The van der Waals surface area contributed by atoms with Crippen molar-refractivity contribution in [2.24, 2.45) is 5.73 Å². The van der Waals surface area contributed by atoms with Gasteiger partial charge in [0.1, 0.15) is 34.6 Å². The number of carbonyl (C=O) groups excluding carboxylic acids is 1. The summed E-state index contributed by atoms with van der Waals surface area (Å²) < 4.78 is 22.9. The maximum atomic E-state index is 12.8. The molecule has 7 heteroatoms. The Labute approximate surface area is 229 Å². The Morgan fingerprint density at radius 1 is 1.00 bits per heavy atom. The molecule has 2 N–H and O–H groups in total. The number of ether oxygens (including phenoxy) is 4. The Morgan fingerprint density at radius 3 is 2.31 bits per heavy atom. The van der Waals surface area contributed by atoms with Gasteiger partial charge in [-0.1, -0.05) is 57.5 Å². The van der Waals surface area contributed by atoms with Gasteiger partial charge in [0.05, 0.1) is 12.5 Å². The number of esters is 1. The van der Waals surface area contributed by atoms with Crippen molar-refractivity contribution < 1.29 is 23.7 Å². The van der Waals surface area contributed by atoms with Crippen molar-refractivity contribution in [3.8, 4) is 29.1 Å². The number of carbonyl (C=O) groups is 1. The number of unbranched alkanes of at least 4 members (excludes halogenated alkanes) is 1. The number of rotatable bonds is 10. The summed E-state index contributed by atoms with van der Waals surface area (Å²) in [7, 11) is 0. The van der Waals surface area contributed by atoms with Gasteiger partial charge in [0.2, 0.25) is 5.88 Å². The van der Waals surface area contributed by atoms with Crippen molar-refractivity contribution in [1.29, 1.82) is 5.26 Å². The lowest BCUT2D eigenvalue weighted by atomic mass is 9.83. The van der Waals surface area contributed by atoms with E-state index < -0.39 is 18.0 Å². The van der Waals surface area contributed by atoms with Gasteiger partial charge >= 0.3 is 5.97 Å². The second-order valence-electron chi connectivity index (χ2n) is 9.80. The van der Waals surface area contributed by atoms with E-state index in [0.29, 0.717) is 29.6 Å². The van der Waals surface area contributed by atoms with Crippen LogP contribution in [0.1, 0.15) is 69.1 Å². The molecule has 0 spiro atoms. The monoisotopic (exact) mass is 526 g/mol. The second kappa shape index (κ2) is 12.4. The fourth-order valence-corrected chi connectivity index (χ4v) is 4.32. The van der Waals surface area contributed by atoms with Crippen LogP contribution in [0.25, 0.3) is 0 Å². The van der Waals surface area contributed by atoms with E-state index >= 15 is 0 Å². The summed E-state index contributed by atoms with van der Waals surface area (Å²) in [6.07, 6.45) is 1.21. The first-order valence-electron chi connectivity index (χ1n) is 13.2. The third-order valence-electron chi connectivity index (χ3n) is 6.58. The maximum Gasteiger partial charge on any atom is 0.352 e. The van der Waals surface area contributed by atoms with Crippen molar-refractivity contribution in [3.05, 3.63) is 94.9 Å². The lowest BCUT2D eigenvalue weighted by molar-refractivity contribution is -0.141. The number of fused-ring (bicyclic) bond motifs is 1. The van der Waals surface area contributed by atoms with Crippen molar-refractivity contribution in [3.63, 3.8) is 0 Å². The largest absolute Gasteiger partial charge is 0.494 e. The number of hydrogen-bond donors (Lipinski definition) is 1. The smallest absolute Gasteiger partial charge is 0.352 e. The van der Waals surface area contributed by atoms with E-state index in [4.69, 9.17) is 24.7 Å². The van der Waals surface area contributed by atoms with Gasteiger partial charge in [-0.2, -0.15) is 5.26 Å². The molecule has 4 rings (SSSR count). The van der Waals surface area contributed by atoms with Crippen LogP contribution in [0.5, 0.6) is 23.0 Å². The molecule has 202 valence electrons. The van der Waals surface area contributed by atoms with Gasteiger partial charge in [0.25, 0.3) is 0 Å². The number of nitrogens with two attached hydrogens (primary N) is 1. The summed E-state index contributed by atoms with van der Waals surface area (Å²) in [5.74, 6) is 1.51. The zero-order valence-corrected chi connectivity index (χ0v) is 22.8. The predicted molar refractivity (Wildman–Crippen MR) is 149 cm³/mol. The van der Waals surface area contributed by atoms with Gasteiger partial charge < -0.3 is 24.7 Å². The van der Waals surface area contributed by atoms with E-state index in [1.807, 2.05) is 48.5 Å². The summed E-state index contributed by atoms with van der Waals surface area (Å²) >= 11 is 0. The zero-order valence-electron chi connectivity index (χ0n) is 22.8. The summed E-state index contributed by atoms with van der Waals surface area (Å²) in [4.78, 5) is 12.8. The molecule has 1 heterocycles. The van der Waals surface area contributed by atoms with Crippen LogP contribution in [-0.2, 0) is 4.79 Å². The van der Waals surface area contributed by atoms with Crippen LogP contribution in [0.4, 0.5) is 0 Å². The van der Waals surface area contributed by atoms with Crippen molar-refractivity contribution in [1.82, 2.24) is 0 Å². The molecule has 0 bridgehead atoms. The number of nitrogens with zero attached hydrogens (tertiary/aromatic N) is 1. The highest BCUT2D eigenvalue weighted by atomic mass is 16.6. The van der Waals surface area contributed by atoms with Gasteiger partial charge in [0, 0.05) is 11.6 Å². The highest BCUT2D eigenvalue weighted by Gasteiger charge is 2.31. The molecule has 2 atom stereocenters. The fourth-order valence-electron chi connectivity index (χ4n) is 4.32. The molecule has 7 nitrogen and oxygen atoms in total. The van der Waals surface area contributed by atoms with Crippen molar-refractivity contribution in [2.75, 3.05) is 6.61 Å². The normalized spacial score (nSPS) is 15.1. The molecule has 0 aliphatic carbocycles. The Balaban J connectivity index is 1.50. The number of nitriles is 1. The predicted octanol–water partition coefficient (Wildman–Crippen LogP) is 6.58. The minimum atomic E-state index is -0.826. The van der Waals surface area contributed by atoms with Crippen LogP contribution in [0, 0.1) is 11.3 Å². The number of hydrogen-bond acceptors (Lipinski definition) is 7. The van der Waals surface area contributed by atoms with Gasteiger partial charge in [-0.05, 0) is 60.7 Å². The first kappa shape index (κ1) is 27.6. The molecule has 0 fully saturated rings. The first-order valence-corrected chi connectivity index (χ1v) is 13.2. The van der Waals surface area contributed by atoms with E-state index in [1.165, 1.54) is 5.56 Å². The fraction of sp³-hybridized carbons (Fsp3) is 0.312. The molecule has 0 amide bonds. The van der Waals surface area contributed by atoms with Gasteiger partial charge in [-0.3, -0.25) is 0 Å². The highest BCUT2D eigenvalue weighted by Crippen LogP contribution is 2.43. The van der Waals surface area contributed by atoms with Gasteiger partial charge in [-0.25, -0.2) is 4.79 Å². The third-order valence-corrected chi connectivity index (χ3v) is 6.58. The Kier molecular flexibility index (Phi) is 8.77. The Morgan fingerprint density at radius 2 is 1.67 bits per heavy atom. The van der Waals surface area contributed by atoms with Crippen LogP contribution in [0.3, 0.4) is 0 Å². The van der Waals surface area contributed by atoms with Crippen LogP contribution in [0.15, 0.2) is 78.2 Å². The average molecular weight is 527 g/mol. The quantitative estimate of drug-likeness (QED) is 0.181. The molecule has 3 aromatic rings. The maximum absolute atomic E-state index is 12.8. The zero-order chi connectivity index (χ0) is 27.9. The Bertz CT molecular complexity index is 1370. The van der Waals surface area contributed by atoms with Crippen LogP contribution < -0.4 is 24.7 Å². The third kappa shape index (κ3) is 6.53. The standard InChI is InChI=1S/C32H34N2O5/c1-5-6-17-36-24-11-9-23(10-12-24)30-27-16-15-26(18-29(27)39-31(34)28(30)19-33)38-32(35)21(4)37-25-13-7-22(8-14-25)20(2)3/h7-16,18,20-21,30H,5-6,17,34H2,1-4H3. The molecule has 0 saturated heterocycles. The topological polar surface area (TPSA) is 104 Å². The summed E-state index contributed by atoms with van der Waals surface area (Å²) in [6, 6.07) is 22.5. The minimum absolute atomic E-state index is 0.0169. The number of benzene rings is 3. The molecular formula is C32H34N2O5. The molecular weight excluding hydrogens is 492 g/mol. The summed E-state index contributed by atoms with van der Waals surface area (Å²) in [6.45, 7) is 8.64. The molecule has 39 heavy (non-hydrogen) atoms. The molecule has 3 aromatic carbocycles. The summed E-state index contributed by atoms with van der Waals surface area (Å²) in [5.41, 5.74) is 9.26. The van der Waals surface area contributed by atoms with Crippen LogP contribution >= 0.6 is 0 Å². The van der Waals surface area contributed by atoms with Crippen molar-refractivity contribution in [2.45, 2.75) is 58.5 Å². The minimum Gasteiger partial charge on any atom is -0.494 e. The molecule has 1 aliphatic rings. The summed E-state index contributed by atoms with van der Waals surface area (Å²) in [5, 5.41) is 9.84. The van der Waals surface area contributed by atoms with E-state index in [1.54, 1.807) is 25.1 Å². The molecule has 2 unspecified atom stereocenters. The van der Waals surface area contributed by atoms with Gasteiger partial charge in [-0.15, -0.1) is 0 Å². The first-order chi connectivity index (χ1) is 18.8. The molecule has 0 radical (unpaired) electrons. The molecule has 0 saturated carbocycles. The molecule has 0 aromatic heterocycles. The average Bonchev–Trinajstić information content (AvgIpc) is 2.93. The second-order valence-corrected chi connectivity index (χ2v) is 9.80. The van der Waals surface area contributed by atoms with E-state index in [0.717, 1.165) is 29.7 Å². The molecule has 1 aliphatic heterocycles. The van der Waals surface area contributed by atoms with Crippen molar-refractivity contribution >= 4 is 5.97 Å².